The maximum absolute atomic E-state index is 6.08. The lowest BCUT2D eigenvalue weighted by Crippen LogP contribution is -2.47. The highest BCUT2D eigenvalue weighted by Gasteiger charge is 2.54. The van der Waals surface area contributed by atoms with Crippen LogP contribution in [0.2, 0.25) is 0 Å². The van der Waals surface area contributed by atoms with Crippen LogP contribution in [0.3, 0.4) is 0 Å². The molecule has 20 heavy (non-hydrogen) atoms. The van der Waals surface area contributed by atoms with Crippen molar-refractivity contribution >= 4 is 0 Å². The number of rotatable bonds is 4. The summed E-state index contributed by atoms with van der Waals surface area (Å²) >= 11 is 0. The summed E-state index contributed by atoms with van der Waals surface area (Å²) in [6, 6.07) is 10.2. The Bertz CT molecular complexity index is 445. The first-order chi connectivity index (χ1) is 9.60. The number of methoxy groups -OCH3 is 1. The molecule has 4 atom stereocenters. The first kappa shape index (κ1) is 14.0. The van der Waals surface area contributed by atoms with Gasteiger partial charge in [0.15, 0.2) is 6.29 Å². The standard InChI is InChI=1S/C16H22O4/c1-16(2)14-12(9-13(17-3)15(19-14)20-16)18-10-11-7-5-4-6-8-11/h4-8,12-15H,9-10H2,1-3H3. The zero-order valence-corrected chi connectivity index (χ0v) is 12.2. The minimum atomic E-state index is -0.334. The summed E-state index contributed by atoms with van der Waals surface area (Å²) in [7, 11) is 1.69. The normalized spacial score (nSPS) is 35.1. The molecule has 2 fully saturated rings. The molecule has 2 aliphatic heterocycles. The van der Waals surface area contributed by atoms with E-state index in [0.717, 1.165) is 6.42 Å². The first-order valence-electron chi connectivity index (χ1n) is 7.12. The van der Waals surface area contributed by atoms with Crippen LogP contribution >= 0.6 is 0 Å². The third-order valence-corrected chi connectivity index (χ3v) is 4.10. The topological polar surface area (TPSA) is 36.9 Å². The summed E-state index contributed by atoms with van der Waals surface area (Å²) in [6.07, 6.45) is 0.434. The molecule has 3 rings (SSSR count). The molecule has 4 heteroatoms. The van der Waals surface area contributed by atoms with Crippen molar-refractivity contribution in [1.82, 2.24) is 0 Å². The highest BCUT2D eigenvalue weighted by atomic mass is 16.8. The molecule has 0 aromatic heterocycles. The Morgan fingerprint density at radius 1 is 1.20 bits per heavy atom. The number of ether oxygens (including phenoxy) is 4. The molecule has 2 saturated heterocycles. The molecular formula is C16H22O4. The molecule has 0 N–H and O–H groups in total. The Morgan fingerprint density at radius 3 is 2.65 bits per heavy atom. The van der Waals surface area contributed by atoms with Gasteiger partial charge in [0.2, 0.25) is 0 Å². The van der Waals surface area contributed by atoms with E-state index in [1.54, 1.807) is 7.11 Å². The van der Waals surface area contributed by atoms with Crippen molar-refractivity contribution in [2.45, 2.75) is 57.1 Å². The van der Waals surface area contributed by atoms with E-state index >= 15 is 0 Å². The second-order valence-corrected chi connectivity index (χ2v) is 5.99. The Hall–Kier alpha value is -0.940. The highest BCUT2D eigenvalue weighted by Crippen LogP contribution is 2.41. The zero-order chi connectivity index (χ0) is 14.2. The lowest BCUT2D eigenvalue weighted by atomic mass is 9.93. The monoisotopic (exact) mass is 278 g/mol. The Balaban J connectivity index is 1.68. The van der Waals surface area contributed by atoms with Crippen molar-refractivity contribution in [2.24, 2.45) is 0 Å². The van der Waals surface area contributed by atoms with Gasteiger partial charge in [-0.15, -0.1) is 0 Å². The van der Waals surface area contributed by atoms with E-state index in [1.807, 2.05) is 18.2 Å². The van der Waals surface area contributed by atoms with Gasteiger partial charge < -0.3 is 18.9 Å². The number of hydrogen-bond donors (Lipinski definition) is 0. The van der Waals surface area contributed by atoms with Crippen LogP contribution in [0.25, 0.3) is 0 Å². The van der Waals surface area contributed by atoms with E-state index in [4.69, 9.17) is 18.9 Å². The predicted molar refractivity (Wildman–Crippen MR) is 74.3 cm³/mol. The van der Waals surface area contributed by atoms with Crippen molar-refractivity contribution in [3.63, 3.8) is 0 Å². The van der Waals surface area contributed by atoms with Crippen molar-refractivity contribution in [1.29, 1.82) is 0 Å². The Labute approximate surface area is 120 Å². The lowest BCUT2D eigenvalue weighted by molar-refractivity contribution is -0.201. The van der Waals surface area contributed by atoms with Crippen LogP contribution in [0.4, 0.5) is 0 Å². The molecule has 4 nitrogen and oxygen atoms in total. The molecule has 0 amide bonds. The maximum Gasteiger partial charge on any atom is 0.185 e. The second-order valence-electron chi connectivity index (χ2n) is 5.99. The quantitative estimate of drug-likeness (QED) is 0.848. The largest absolute Gasteiger partial charge is 0.376 e. The van der Waals surface area contributed by atoms with Gasteiger partial charge >= 0.3 is 0 Å². The average Bonchev–Trinajstić information content (AvgIpc) is 2.72. The fourth-order valence-corrected chi connectivity index (χ4v) is 3.01. The molecule has 2 aliphatic rings. The lowest BCUT2D eigenvalue weighted by Gasteiger charge is -2.34. The minimum Gasteiger partial charge on any atom is -0.376 e. The molecule has 1 aromatic carbocycles. The molecule has 0 radical (unpaired) electrons. The van der Waals surface area contributed by atoms with E-state index in [1.165, 1.54) is 5.56 Å². The summed E-state index contributed by atoms with van der Waals surface area (Å²) in [5, 5.41) is 0. The molecule has 1 aromatic rings. The van der Waals surface area contributed by atoms with E-state index in [9.17, 15) is 0 Å². The van der Waals surface area contributed by atoms with E-state index in [2.05, 4.69) is 26.0 Å². The molecule has 2 bridgehead atoms. The summed E-state index contributed by atoms with van der Waals surface area (Å²) in [6.45, 7) is 4.69. The number of hydrogen-bond acceptors (Lipinski definition) is 4. The van der Waals surface area contributed by atoms with Gasteiger partial charge in [-0.1, -0.05) is 30.3 Å². The van der Waals surface area contributed by atoms with Gasteiger partial charge in [-0.25, -0.2) is 0 Å². The van der Waals surface area contributed by atoms with Crippen LogP contribution in [0, 0.1) is 0 Å². The summed E-state index contributed by atoms with van der Waals surface area (Å²) in [5.74, 6) is 0. The summed E-state index contributed by atoms with van der Waals surface area (Å²) in [5.41, 5.74) is 0.833. The van der Waals surface area contributed by atoms with E-state index in [-0.39, 0.29) is 30.2 Å². The van der Waals surface area contributed by atoms with Crippen LogP contribution in [-0.2, 0) is 25.6 Å². The van der Waals surface area contributed by atoms with E-state index in [0.29, 0.717) is 6.61 Å². The molecule has 0 aliphatic carbocycles. The van der Waals surface area contributed by atoms with Gasteiger partial charge in [0.05, 0.1) is 18.3 Å². The Kier molecular flexibility index (Phi) is 3.82. The minimum absolute atomic E-state index is 0.00564. The van der Waals surface area contributed by atoms with Crippen LogP contribution in [0.1, 0.15) is 25.8 Å². The van der Waals surface area contributed by atoms with Gasteiger partial charge in [0.25, 0.3) is 0 Å². The molecular weight excluding hydrogens is 256 g/mol. The first-order valence-corrected chi connectivity index (χ1v) is 7.12. The van der Waals surface area contributed by atoms with Crippen molar-refractivity contribution in [3.05, 3.63) is 35.9 Å². The predicted octanol–water partition coefficient (Wildman–Crippen LogP) is 2.51. The van der Waals surface area contributed by atoms with Crippen LogP contribution in [0.15, 0.2) is 30.3 Å². The van der Waals surface area contributed by atoms with Crippen LogP contribution in [0.5, 0.6) is 0 Å². The van der Waals surface area contributed by atoms with Gasteiger partial charge in [0, 0.05) is 13.5 Å². The van der Waals surface area contributed by atoms with Crippen molar-refractivity contribution in [3.8, 4) is 0 Å². The molecule has 4 unspecified atom stereocenters. The third kappa shape index (κ3) is 2.61. The second kappa shape index (κ2) is 5.45. The van der Waals surface area contributed by atoms with Gasteiger partial charge in [-0.05, 0) is 19.4 Å². The molecule has 110 valence electrons. The maximum atomic E-state index is 6.08. The SMILES string of the molecule is COC1CC(OCc2ccccc2)C2OC1OC2(C)C. The molecule has 2 heterocycles. The van der Waals surface area contributed by atoms with Crippen LogP contribution < -0.4 is 0 Å². The smallest absolute Gasteiger partial charge is 0.185 e. The molecule has 0 spiro atoms. The average molecular weight is 278 g/mol. The number of fused-ring (bicyclic) bond motifs is 2. The summed E-state index contributed by atoms with van der Waals surface area (Å²) in [4.78, 5) is 0. The Morgan fingerprint density at radius 2 is 1.95 bits per heavy atom. The third-order valence-electron chi connectivity index (χ3n) is 4.10. The van der Waals surface area contributed by atoms with Crippen LogP contribution in [-0.4, -0.2) is 37.3 Å². The fraction of sp³-hybridized carbons (Fsp3) is 0.625. The highest BCUT2D eigenvalue weighted by molar-refractivity contribution is 5.13. The van der Waals surface area contributed by atoms with Crippen molar-refractivity contribution in [2.75, 3.05) is 7.11 Å². The van der Waals surface area contributed by atoms with Gasteiger partial charge in [0.1, 0.15) is 12.2 Å². The van der Waals surface area contributed by atoms with E-state index < -0.39 is 0 Å². The van der Waals surface area contributed by atoms with Gasteiger partial charge in [-0.3, -0.25) is 0 Å². The number of benzene rings is 1. The zero-order valence-electron chi connectivity index (χ0n) is 12.2. The fourth-order valence-electron chi connectivity index (χ4n) is 3.01. The van der Waals surface area contributed by atoms with Gasteiger partial charge in [-0.2, -0.15) is 0 Å². The summed E-state index contributed by atoms with van der Waals surface area (Å²) < 4.78 is 23.4. The molecule has 0 saturated carbocycles. The van der Waals surface area contributed by atoms with Crippen molar-refractivity contribution < 1.29 is 18.9 Å².